The highest BCUT2D eigenvalue weighted by atomic mass is 19.4. The van der Waals surface area contributed by atoms with Gasteiger partial charge in [0.05, 0.1) is 28.2 Å². The topological polar surface area (TPSA) is 75.4 Å². The number of hydrogen-bond donors (Lipinski definition) is 1. The third kappa shape index (κ3) is 5.85. The van der Waals surface area contributed by atoms with Gasteiger partial charge in [0.1, 0.15) is 0 Å². The quantitative estimate of drug-likeness (QED) is 0.363. The predicted octanol–water partition coefficient (Wildman–Crippen LogP) is 5.15. The largest absolute Gasteiger partial charge is 0.416 e. The highest BCUT2D eigenvalue weighted by molar-refractivity contribution is 5.95. The van der Waals surface area contributed by atoms with Crippen LogP contribution in [0.25, 0.3) is 16.9 Å². The Morgan fingerprint density at radius 2 is 1.89 bits per heavy atom. The van der Waals surface area contributed by atoms with Crippen molar-refractivity contribution in [1.29, 1.82) is 0 Å². The minimum absolute atomic E-state index is 0.236. The van der Waals surface area contributed by atoms with Crippen molar-refractivity contribution < 1.29 is 18.0 Å². The summed E-state index contributed by atoms with van der Waals surface area (Å²) in [6, 6.07) is 12.6. The highest BCUT2D eigenvalue weighted by Gasteiger charge is 2.30. The van der Waals surface area contributed by atoms with E-state index in [1.54, 1.807) is 19.1 Å². The Kier molecular flexibility index (Phi) is 7.42. The van der Waals surface area contributed by atoms with Crippen molar-refractivity contribution in [3.63, 3.8) is 0 Å². The summed E-state index contributed by atoms with van der Waals surface area (Å²) < 4.78 is 40.9. The average Bonchev–Trinajstić information content (AvgIpc) is 3.36. The standard InChI is InChI=1S/C28H29F3N6O/c1-19-24(17-34-26-16-25(35-37(19)26)21-5-4-6-22(15-21)28(29,30)31)27(38)33-12-8-20-9-13-36(14-10-20)18-23-7-2-3-11-32-23/h2-7,11,15-17,20H,8-10,12-14,18H2,1H3,(H,33,38). The molecule has 1 aliphatic heterocycles. The second-order valence-electron chi connectivity index (χ2n) is 9.72. The summed E-state index contributed by atoms with van der Waals surface area (Å²) in [4.78, 5) is 24.1. The molecule has 38 heavy (non-hydrogen) atoms. The first-order valence-corrected chi connectivity index (χ1v) is 12.7. The molecular formula is C28H29F3N6O. The van der Waals surface area contributed by atoms with Gasteiger partial charge in [0.15, 0.2) is 5.65 Å². The normalized spacial score (nSPS) is 15.2. The van der Waals surface area contributed by atoms with Crippen LogP contribution in [0.2, 0.25) is 0 Å². The molecule has 0 atom stereocenters. The number of amides is 1. The molecule has 4 aromatic rings. The van der Waals surface area contributed by atoms with Crippen LogP contribution in [-0.4, -0.2) is 50.0 Å². The van der Waals surface area contributed by atoms with E-state index in [-0.39, 0.29) is 5.91 Å². The fourth-order valence-electron chi connectivity index (χ4n) is 4.91. The van der Waals surface area contributed by atoms with Crippen molar-refractivity contribution in [3.8, 4) is 11.3 Å². The molecule has 198 valence electrons. The van der Waals surface area contributed by atoms with Gasteiger partial charge in [-0.15, -0.1) is 0 Å². The molecule has 10 heteroatoms. The van der Waals surface area contributed by atoms with Crippen molar-refractivity contribution in [2.45, 2.75) is 38.9 Å². The van der Waals surface area contributed by atoms with Gasteiger partial charge in [0.2, 0.25) is 0 Å². The van der Waals surface area contributed by atoms with Crippen LogP contribution in [0, 0.1) is 12.8 Å². The van der Waals surface area contributed by atoms with Crippen molar-refractivity contribution in [3.05, 3.63) is 83.4 Å². The number of carbonyl (C=O) groups is 1. The second kappa shape index (κ2) is 10.9. The molecule has 5 rings (SSSR count). The third-order valence-corrected chi connectivity index (χ3v) is 7.11. The molecule has 0 spiro atoms. The van der Waals surface area contributed by atoms with Crippen LogP contribution in [0.3, 0.4) is 0 Å². The molecule has 1 amide bonds. The zero-order chi connectivity index (χ0) is 26.7. The lowest BCUT2D eigenvalue weighted by Gasteiger charge is -2.31. The second-order valence-corrected chi connectivity index (χ2v) is 9.72. The van der Waals surface area contributed by atoms with Gasteiger partial charge in [-0.25, -0.2) is 9.50 Å². The van der Waals surface area contributed by atoms with Crippen LogP contribution < -0.4 is 5.32 Å². The highest BCUT2D eigenvalue weighted by Crippen LogP contribution is 2.32. The van der Waals surface area contributed by atoms with Gasteiger partial charge in [0, 0.05) is 37.1 Å². The molecule has 3 aromatic heterocycles. The lowest BCUT2D eigenvalue weighted by atomic mass is 9.93. The Morgan fingerprint density at radius 1 is 1.08 bits per heavy atom. The van der Waals surface area contributed by atoms with E-state index in [1.807, 2.05) is 24.4 Å². The SMILES string of the molecule is Cc1c(C(=O)NCCC2CCN(Cc3ccccn3)CC2)cnc2cc(-c3cccc(C(F)(F)F)c3)nn12. The van der Waals surface area contributed by atoms with Crippen molar-refractivity contribution in [1.82, 2.24) is 29.8 Å². The maximum Gasteiger partial charge on any atom is 0.416 e. The first-order chi connectivity index (χ1) is 18.3. The smallest absolute Gasteiger partial charge is 0.352 e. The number of nitrogens with zero attached hydrogens (tertiary/aromatic N) is 5. The van der Waals surface area contributed by atoms with Gasteiger partial charge in [-0.2, -0.15) is 18.3 Å². The molecule has 1 saturated heterocycles. The molecule has 0 radical (unpaired) electrons. The Hall–Kier alpha value is -3.79. The van der Waals surface area contributed by atoms with E-state index >= 15 is 0 Å². The number of halogens is 3. The zero-order valence-electron chi connectivity index (χ0n) is 21.1. The lowest BCUT2D eigenvalue weighted by molar-refractivity contribution is -0.137. The molecule has 4 heterocycles. The van der Waals surface area contributed by atoms with E-state index in [0.717, 1.165) is 56.7 Å². The van der Waals surface area contributed by atoms with Gasteiger partial charge in [-0.1, -0.05) is 18.2 Å². The van der Waals surface area contributed by atoms with Crippen LogP contribution >= 0.6 is 0 Å². The van der Waals surface area contributed by atoms with Crippen molar-refractivity contribution >= 4 is 11.6 Å². The number of aryl methyl sites for hydroxylation is 1. The molecular weight excluding hydrogens is 493 g/mol. The third-order valence-electron chi connectivity index (χ3n) is 7.11. The van der Waals surface area contributed by atoms with Gasteiger partial charge in [0.25, 0.3) is 5.91 Å². The monoisotopic (exact) mass is 522 g/mol. The Labute approximate surface area is 218 Å². The van der Waals surface area contributed by atoms with Gasteiger partial charge in [-0.3, -0.25) is 14.7 Å². The number of rotatable bonds is 7. The molecule has 7 nitrogen and oxygen atoms in total. The summed E-state index contributed by atoms with van der Waals surface area (Å²) in [6.07, 6.45) is 1.95. The number of alkyl halides is 3. The summed E-state index contributed by atoms with van der Waals surface area (Å²) in [5.41, 5.74) is 2.47. The molecule has 1 fully saturated rings. The number of carbonyl (C=O) groups excluding carboxylic acids is 1. The van der Waals surface area contributed by atoms with Gasteiger partial charge < -0.3 is 5.32 Å². The molecule has 0 aliphatic carbocycles. The maximum atomic E-state index is 13.1. The van der Waals surface area contributed by atoms with E-state index in [2.05, 4.69) is 25.3 Å². The Balaban J connectivity index is 1.17. The number of fused-ring (bicyclic) bond motifs is 1. The number of pyridine rings is 1. The number of nitrogens with one attached hydrogen (secondary N) is 1. The number of aromatic nitrogens is 4. The minimum atomic E-state index is -4.44. The fraction of sp³-hybridized carbons (Fsp3) is 0.357. The van der Waals surface area contributed by atoms with Crippen LogP contribution in [0.5, 0.6) is 0 Å². The minimum Gasteiger partial charge on any atom is -0.352 e. The fourth-order valence-corrected chi connectivity index (χ4v) is 4.91. The predicted molar refractivity (Wildman–Crippen MR) is 137 cm³/mol. The number of piperidine rings is 1. The van der Waals surface area contributed by atoms with E-state index in [0.29, 0.717) is 40.6 Å². The van der Waals surface area contributed by atoms with Gasteiger partial charge >= 0.3 is 6.18 Å². The Morgan fingerprint density at radius 3 is 2.63 bits per heavy atom. The van der Waals surface area contributed by atoms with Crippen LogP contribution in [0.4, 0.5) is 13.2 Å². The Bertz CT molecular complexity index is 1410. The van der Waals surface area contributed by atoms with Crippen LogP contribution in [0.15, 0.2) is 60.9 Å². The molecule has 0 bridgehead atoms. The molecule has 1 N–H and O–H groups in total. The molecule has 1 aliphatic rings. The molecule has 1 aromatic carbocycles. The van der Waals surface area contributed by atoms with E-state index in [4.69, 9.17) is 0 Å². The van der Waals surface area contributed by atoms with E-state index in [1.165, 1.54) is 16.8 Å². The number of benzene rings is 1. The summed E-state index contributed by atoms with van der Waals surface area (Å²) >= 11 is 0. The summed E-state index contributed by atoms with van der Waals surface area (Å²) in [5.74, 6) is 0.318. The van der Waals surface area contributed by atoms with E-state index < -0.39 is 11.7 Å². The van der Waals surface area contributed by atoms with Crippen LogP contribution in [-0.2, 0) is 12.7 Å². The molecule has 0 saturated carbocycles. The lowest BCUT2D eigenvalue weighted by Crippen LogP contribution is -2.35. The van der Waals surface area contributed by atoms with Crippen molar-refractivity contribution in [2.75, 3.05) is 19.6 Å². The zero-order valence-corrected chi connectivity index (χ0v) is 21.1. The summed E-state index contributed by atoms with van der Waals surface area (Å²) in [7, 11) is 0. The average molecular weight is 523 g/mol. The van der Waals surface area contributed by atoms with Gasteiger partial charge in [-0.05, 0) is 69.5 Å². The number of likely N-dealkylation sites (tertiary alicyclic amines) is 1. The maximum absolute atomic E-state index is 13.1. The molecule has 0 unspecified atom stereocenters. The summed E-state index contributed by atoms with van der Waals surface area (Å²) in [6.45, 7) is 5.21. The first-order valence-electron chi connectivity index (χ1n) is 12.7. The number of hydrogen-bond acceptors (Lipinski definition) is 5. The summed E-state index contributed by atoms with van der Waals surface area (Å²) in [5, 5.41) is 7.43. The van der Waals surface area contributed by atoms with Crippen molar-refractivity contribution in [2.24, 2.45) is 5.92 Å². The van der Waals surface area contributed by atoms with E-state index in [9.17, 15) is 18.0 Å². The van der Waals surface area contributed by atoms with Crippen LogP contribution in [0.1, 0.15) is 46.6 Å². The first kappa shape index (κ1) is 25.8.